The van der Waals surface area contributed by atoms with E-state index >= 15 is 0 Å². The molecule has 2 aromatic carbocycles. The number of carbonyl (C=O) groups excluding carboxylic acids is 1. The number of hydrogen-bond acceptors (Lipinski definition) is 2. The molecular weight excluding hydrogens is 484 g/mol. The summed E-state index contributed by atoms with van der Waals surface area (Å²) in [4.78, 5) is 12.3. The molecule has 2 aromatic rings. The van der Waals surface area contributed by atoms with Gasteiger partial charge in [-0.05, 0) is 44.4 Å². The van der Waals surface area contributed by atoms with Gasteiger partial charge in [-0.2, -0.15) is 8.78 Å². The highest BCUT2D eigenvalue weighted by atomic mass is 19.2. The Kier molecular flexibility index (Phi) is 8.43. The van der Waals surface area contributed by atoms with Crippen LogP contribution in [0.25, 0.3) is 11.1 Å². The van der Waals surface area contributed by atoms with Gasteiger partial charge >= 0.3 is 5.97 Å². The van der Waals surface area contributed by atoms with Crippen LogP contribution < -0.4 is 4.74 Å². The smallest absolute Gasteiger partial charge is 0.314 e. The van der Waals surface area contributed by atoms with Crippen molar-refractivity contribution in [3.05, 3.63) is 52.1 Å². The molecule has 0 heterocycles. The fraction of sp³-hybridized carbons (Fsp3) is 0.480. The van der Waals surface area contributed by atoms with Crippen LogP contribution in [0.4, 0.5) is 35.1 Å². The molecule has 0 aliphatic heterocycles. The lowest BCUT2D eigenvalue weighted by molar-refractivity contribution is -0.140. The van der Waals surface area contributed by atoms with Gasteiger partial charge in [0.2, 0.25) is 17.4 Å². The Bertz CT molecular complexity index is 1070. The summed E-state index contributed by atoms with van der Waals surface area (Å²) in [6, 6.07) is 0. The zero-order valence-corrected chi connectivity index (χ0v) is 19.2. The molecule has 0 amide bonds. The van der Waals surface area contributed by atoms with Crippen LogP contribution in [0, 0.1) is 58.4 Å². The molecule has 1 fully saturated rings. The predicted molar refractivity (Wildman–Crippen MR) is 112 cm³/mol. The topological polar surface area (TPSA) is 26.3 Å². The van der Waals surface area contributed by atoms with Crippen molar-refractivity contribution < 1.29 is 44.7 Å². The van der Waals surface area contributed by atoms with Crippen molar-refractivity contribution in [2.75, 3.05) is 0 Å². The van der Waals surface area contributed by atoms with Crippen LogP contribution in [0.1, 0.15) is 64.4 Å². The average molecular weight is 508 g/mol. The standard InChI is InChI=1S/C25H24F8O2/c1-3-5-6-13-16(26)18(28)14(19(29)17(13)27)15-20(30)22(32)24(23(33)21(15)31)35-25(34)12-9-7-11(4-2)8-10-12/h11-12H,3-10H2,1-2H3. The Balaban J connectivity index is 2.04. The molecule has 0 unspecified atom stereocenters. The van der Waals surface area contributed by atoms with Gasteiger partial charge in [-0.25, -0.2) is 26.3 Å². The minimum Gasteiger partial charge on any atom is -0.420 e. The summed E-state index contributed by atoms with van der Waals surface area (Å²) in [5.74, 6) is -20.7. The zero-order chi connectivity index (χ0) is 26.0. The van der Waals surface area contributed by atoms with Crippen molar-refractivity contribution in [1.29, 1.82) is 0 Å². The highest BCUT2D eigenvalue weighted by Gasteiger charge is 2.36. The number of esters is 1. The molecule has 0 radical (unpaired) electrons. The highest BCUT2D eigenvalue weighted by molar-refractivity contribution is 5.76. The number of hydrogen-bond donors (Lipinski definition) is 0. The number of rotatable bonds is 7. The minimum absolute atomic E-state index is 0.151. The molecule has 1 saturated carbocycles. The Hall–Kier alpha value is -2.65. The normalized spacial score (nSPS) is 18.1. The van der Waals surface area contributed by atoms with Gasteiger partial charge in [0.05, 0.1) is 17.0 Å². The third-order valence-corrected chi connectivity index (χ3v) is 6.57. The zero-order valence-electron chi connectivity index (χ0n) is 19.2. The first-order valence-electron chi connectivity index (χ1n) is 11.5. The Morgan fingerprint density at radius 2 is 1.17 bits per heavy atom. The summed E-state index contributed by atoms with van der Waals surface area (Å²) >= 11 is 0. The van der Waals surface area contributed by atoms with E-state index in [1.165, 1.54) is 0 Å². The molecule has 10 heteroatoms. The molecule has 1 aliphatic rings. The van der Waals surface area contributed by atoms with Crippen LogP contribution in [0.2, 0.25) is 0 Å². The van der Waals surface area contributed by atoms with Gasteiger partial charge in [0.1, 0.15) is 0 Å². The van der Waals surface area contributed by atoms with Gasteiger partial charge in [0.15, 0.2) is 34.9 Å². The van der Waals surface area contributed by atoms with Gasteiger partial charge in [0, 0.05) is 5.56 Å². The van der Waals surface area contributed by atoms with Crippen molar-refractivity contribution >= 4 is 5.97 Å². The Morgan fingerprint density at radius 1 is 0.714 bits per heavy atom. The molecule has 0 N–H and O–H groups in total. The molecular formula is C25H24F8O2. The van der Waals surface area contributed by atoms with E-state index < -0.39 is 87.3 Å². The van der Waals surface area contributed by atoms with E-state index in [-0.39, 0.29) is 6.42 Å². The first kappa shape index (κ1) is 26.9. The highest BCUT2D eigenvalue weighted by Crippen LogP contribution is 2.41. The Labute approximate surface area is 197 Å². The average Bonchev–Trinajstić information content (AvgIpc) is 2.86. The number of halogens is 8. The van der Waals surface area contributed by atoms with Crippen molar-refractivity contribution in [2.24, 2.45) is 11.8 Å². The number of carbonyl (C=O) groups is 1. The SMILES string of the molecule is CCCCc1c(F)c(F)c(-c2c(F)c(F)c(OC(=O)C3CCC(CC)CC3)c(F)c2F)c(F)c1F. The molecule has 0 spiro atoms. The number of ether oxygens (including phenoxy) is 1. The molecule has 1 aliphatic carbocycles. The van der Waals surface area contributed by atoms with Gasteiger partial charge < -0.3 is 4.74 Å². The lowest BCUT2D eigenvalue weighted by Gasteiger charge is -2.26. The predicted octanol–water partition coefficient (Wildman–Crippen LogP) is 7.93. The second-order valence-electron chi connectivity index (χ2n) is 8.72. The number of benzene rings is 2. The maximum Gasteiger partial charge on any atom is 0.314 e. The summed E-state index contributed by atoms with van der Waals surface area (Å²) in [6.45, 7) is 3.63. The molecule has 0 atom stereocenters. The van der Waals surface area contributed by atoms with Crippen LogP contribution in [-0.4, -0.2) is 5.97 Å². The van der Waals surface area contributed by atoms with Gasteiger partial charge in [-0.15, -0.1) is 0 Å². The lowest BCUT2D eigenvalue weighted by atomic mass is 9.81. The molecule has 192 valence electrons. The maximum atomic E-state index is 14.8. The molecule has 0 bridgehead atoms. The van der Waals surface area contributed by atoms with E-state index in [9.17, 15) is 39.9 Å². The number of unbranched alkanes of at least 4 members (excludes halogenated alkanes) is 1. The van der Waals surface area contributed by atoms with Gasteiger partial charge in [0.25, 0.3) is 0 Å². The fourth-order valence-corrected chi connectivity index (χ4v) is 4.38. The van der Waals surface area contributed by atoms with E-state index in [1.807, 2.05) is 6.92 Å². The van der Waals surface area contributed by atoms with Crippen LogP contribution in [0.3, 0.4) is 0 Å². The quantitative estimate of drug-likeness (QED) is 0.164. The summed E-state index contributed by atoms with van der Waals surface area (Å²) < 4.78 is 121. The summed E-state index contributed by atoms with van der Waals surface area (Å²) in [5.41, 5.74) is -4.92. The summed E-state index contributed by atoms with van der Waals surface area (Å²) in [6.07, 6.45) is 3.06. The van der Waals surface area contributed by atoms with Gasteiger partial charge in [-0.3, -0.25) is 4.79 Å². The summed E-state index contributed by atoms with van der Waals surface area (Å²) in [5, 5.41) is 0. The van der Waals surface area contributed by atoms with E-state index in [0.29, 0.717) is 38.0 Å². The second-order valence-corrected chi connectivity index (χ2v) is 8.72. The van der Waals surface area contributed by atoms with E-state index in [4.69, 9.17) is 0 Å². The lowest BCUT2D eigenvalue weighted by Crippen LogP contribution is -2.26. The van der Waals surface area contributed by atoms with Crippen molar-refractivity contribution in [2.45, 2.75) is 65.2 Å². The largest absolute Gasteiger partial charge is 0.420 e. The molecule has 0 aromatic heterocycles. The van der Waals surface area contributed by atoms with E-state index in [0.717, 1.165) is 6.42 Å². The fourth-order valence-electron chi connectivity index (χ4n) is 4.38. The van der Waals surface area contributed by atoms with Crippen molar-refractivity contribution in [3.8, 4) is 16.9 Å². The van der Waals surface area contributed by atoms with Crippen molar-refractivity contribution in [3.63, 3.8) is 0 Å². The van der Waals surface area contributed by atoms with Gasteiger partial charge in [-0.1, -0.05) is 26.7 Å². The molecule has 3 rings (SSSR count). The minimum atomic E-state index is -2.36. The molecule has 0 saturated heterocycles. The van der Waals surface area contributed by atoms with Crippen LogP contribution in [-0.2, 0) is 11.2 Å². The first-order chi connectivity index (χ1) is 16.5. The van der Waals surface area contributed by atoms with Crippen LogP contribution in [0.15, 0.2) is 0 Å². The third-order valence-electron chi connectivity index (χ3n) is 6.57. The van der Waals surface area contributed by atoms with Crippen molar-refractivity contribution in [1.82, 2.24) is 0 Å². The first-order valence-corrected chi connectivity index (χ1v) is 11.5. The Morgan fingerprint density at radius 3 is 1.60 bits per heavy atom. The van der Waals surface area contributed by atoms with Crippen LogP contribution >= 0.6 is 0 Å². The molecule has 35 heavy (non-hydrogen) atoms. The van der Waals surface area contributed by atoms with E-state index in [2.05, 4.69) is 4.74 Å². The summed E-state index contributed by atoms with van der Waals surface area (Å²) in [7, 11) is 0. The molecule has 2 nitrogen and oxygen atoms in total. The second kappa shape index (κ2) is 11.0. The van der Waals surface area contributed by atoms with Crippen LogP contribution in [0.5, 0.6) is 5.75 Å². The third kappa shape index (κ3) is 5.02. The monoisotopic (exact) mass is 508 g/mol. The van der Waals surface area contributed by atoms with E-state index in [1.54, 1.807) is 6.92 Å². The maximum absolute atomic E-state index is 14.8.